The van der Waals surface area contributed by atoms with Crippen LogP contribution in [0.15, 0.2) is 0 Å². The normalized spacial score (nSPS) is 11.7. The molecule has 106 valence electrons. The second kappa shape index (κ2) is 11.2. The van der Waals surface area contributed by atoms with Gasteiger partial charge in [-0.25, -0.2) is 9.59 Å². The van der Waals surface area contributed by atoms with E-state index in [0.29, 0.717) is 19.6 Å². The van der Waals surface area contributed by atoms with Gasteiger partial charge in [0, 0.05) is 20.3 Å². The van der Waals surface area contributed by atoms with Gasteiger partial charge < -0.3 is 20.1 Å². The van der Waals surface area contributed by atoms with Crippen LogP contribution in [0.5, 0.6) is 0 Å². The number of carbonyl (C=O) groups is 2. The minimum Gasteiger partial charge on any atom is -0.467 e. The topological polar surface area (TPSA) is 76.7 Å². The van der Waals surface area contributed by atoms with Crippen LogP contribution in [-0.2, 0) is 14.3 Å². The van der Waals surface area contributed by atoms with E-state index in [1.165, 1.54) is 7.11 Å². The summed E-state index contributed by atoms with van der Waals surface area (Å²) >= 11 is 1.61. The van der Waals surface area contributed by atoms with Gasteiger partial charge in [-0.2, -0.15) is 11.8 Å². The SMILES string of the molecule is COCCCNC(=O)NC(CCSC)C(=O)OC. The molecular weight excluding hydrogens is 256 g/mol. The van der Waals surface area contributed by atoms with Crippen LogP contribution >= 0.6 is 11.8 Å². The number of methoxy groups -OCH3 is 2. The van der Waals surface area contributed by atoms with Crippen molar-refractivity contribution >= 4 is 23.8 Å². The Balaban J connectivity index is 3.98. The van der Waals surface area contributed by atoms with Crippen LogP contribution in [0, 0.1) is 0 Å². The molecule has 0 bridgehead atoms. The van der Waals surface area contributed by atoms with E-state index in [2.05, 4.69) is 15.4 Å². The number of hydrogen-bond donors (Lipinski definition) is 2. The zero-order valence-electron chi connectivity index (χ0n) is 11.2. The molecule has 0 aromatic heterocycles. The number of nitrogens with one attached hydrogen (secondary N) is 2. The molecule has 0 aliphatic rings. The van der Waals surface area contributed by atoms with Gasteiger partial charge in [-0.15, -0.1) is 0 Å². The standard InChI is InChI=1S/C11H22N2O4S/c1-16-7-4-6-12-11(15)13-9(5-8-18-3)10(14)17-2/h9H,4-8H2,1-3H3,(H2,12,13,15). The second-order valence-electron chi connectivity index (χ2n) is 3.60. The average molecular weight is 278 g/mol. The monoisotopic (exact) mass is 278 g/mol. The first-order valence-electron chi connectivity index (χ1n) is 5.75. The van der Waals surface area contributed by atoms with Crippen LogP contribution in [-0.4, -0.2) is 57.4 Å². The summed E-state index contributed by atoms with van der Waals surface area (Å²) in [5.74, 6) is 0.361. The fourth-order valence-corrected chi connectivity index (χ4v) is 1.73. The lowest BCUT2D eigenvalue weighted by atomic mass is 10.2. The van der Waals surface area contributed by atoms with E-state index in [1.807, 2.05) is 6.26 Å². The van der Waals surface area contributed by atoms with E-state index in [9.17, 15) is 9.59 Å². The van der Waals surface area contributed by atoms with Crippen LogP contribution < -0.4 is 10.6 Å². The molecule has 2 amide bonds. The van der Waals surface area contributed by atoms with Crippen LogP contribution in [0.2, 0.25) is 0 Å². The zero-order chi connectivity index (χ0) is 13.8. The highest BCUT2D eigenvalue weighted by Gasteiger charge is 2.20. The molecule has 0 aromatic rings. The minimum atomic E-state index is -0.593. The molecule has 6 nitrogen and oxygen atoms in total. The third-order valence-electron chi connectivity index (χ3n) is 2.21. The van der Waals surface area contributed by atoms with Crippen molar-refractivity contribution in [3.8, 4) is 0 Å². The first-order valence-corrected chi connectivity index (χ1v) is 7.15. The van der Waals surface area contributed by atoms with Gasteiger partial charge in [0.2, 0.25) is 0 Å². The predicted octanol–water partition coefficient (Wildman–Crippen LogP) is 0.617. The maximum atomic E-state index is 11.5. The van der Waals surface area contributed by atoms with E-state index < -0.39 is 12.0 Å². The van der Waals surface area contributed by atoms with Gasteiger partial charge in [-0.05, 0) is 24.9 Å². The Labute approximate surface area is 112 Å². The van der Waals surface area contributed by atoms with E-state index in [4.69, 9.17) is 4.74 Å². The highest BCUT2D eigenvalue weighted by Crippen LogP contribution is 2.02. The Morgan fingerprint density at radius 2 is 2.06 bits per heavy atom. The van der Waals surface area contributed by atoms with Crippen molar-refractivity contribution in [2.24, 2.45) is 0 Å². The number of rotatable bonds is 9. The molecule has 0 aliphatic heterocycles. The van der Waals surface area contributed by atoms with E-state index in [-0.39, 0.29) is 6.03 Å². The zero-order valence-corrected chi connectivity index (χ0v) is 12.0. The van der Waals surface area contributed by atoms with Crippen molar-refractivity contribution in [1.29, 1.82) is 0 Å². The molecule has 7 heteroatoms. The quantitative estimate of drug-likeness (QED) is 0.477. The summed E-state index contributed by atoms with van der Waals surface area (Å²) < 4.78 is 9.51. The van der Waals surface area contributed by atoms with Crippen molar-refractivity contribution < 1.29 is 19.1 Å². The highest BCUT2D eigenvalue weighted by molar-refractivity contribution is 7.98. The number of hydrogen-bond acceptors (Lipinski definition) is 5. The smallest absolute Gasteiger partial charge is 0.328 e. The molecule has 0 aliphatic carbocycles. The Morgan fingerprint density at radius 3 is 2.61 bits per heavy atom. The molecule has 0 saturated heterocycles. The first-order chi connectivity index (χ1) is 8.65. The average Bonchev–Trinajstić information content (AvgIpc) is 2.38. The maximum absolute atomic E-state index is 11.5. The molecule has 0 rings (SSSR count). The highest BCUT2D eigenvalue weighted by atomic mass is 32.2. The Bertz CT molecular complexity index is 251. The van der Waals surface area contributed by atoms with Gasteiger partial charge in [-0.1, -0.05) is 0 Å². The molecule has 0 saturated carbocycles. The Kier molecular flexibility index (Phi) is 10.6. The summed E-state index contributed by atoms with van der Waals surface area (Å²) in [6.45, 7) is 1.10. The van der Waals surface area contributed by atoms with Gasteiger partial charge in [0.15, 0.2) is 0 Å². The van der Waals surface area contributed by atoms with Gasteiger partial charge >= 0.3 is 12.0 Å². The first kappa shape index (κ1) is 17.1. The van der Waals surface area contributed by atoms with Crippen molar-refractivity contribution in [2.75, 3.05) is 39.4 Å². The number of ether oxygens (including phenoxy) is 2. The van der Waals surface area contributed by atoms with Gasteiger partial charge in [-0.3, -0.25) is 0 Å². The second-order valence-corrected chi connectivity index (χ2v) is 4.59. The van der Waals surface area contributed by atoms with Crippen molar-refractivity contribution in [3.63, 3.8) is 0 Å². The molecule has 0 radical (unpaired) electrons. The van der Waals surface area contributed by atoms with Gasteiger partial charge in [0.05, 0.1) is 7.11 Å². The minimum absolute atomic E-state index is 0.359. The van der Waals surface area contributed by atoms with Crippen LogP contribution in [0.4, 0.5) is 4.79 Å². The van der Waals surface area contributed by atoms with Crippen molar-refractivity contribution in [2.45, 2.75) is 18.9 Å². The summed E-state index contributed by atoms with van der Waals surface area (Å²) in [6.07, 6.45) is 3.23. The summed E-state index contributed by atoms with van der Waals surface area (Å²) in [5, 5.41) is 5.26. The lowest BCUT2D eigenvalue weighted by Crippen LogP contribution is -2.47. The molecule has 18 heavy (non-hydrogen) atoms. The van der Waals surface area contributed by atoms with E-state index in [1.54, 1.807) is 18.9 Å². The van der Waals surface area contributed by atoms with Gasteiger partial charge in [0.1, 0.15) is 6.04 Å². The summed E-state index contributed by atoms with van der Waals surface area (Å²) in [5.41, 5.74) is 0. The number of amides is 2. The Hall–Kier alpha value is -0.950. The summed E-state index contributed by atoms with van der Waals surface area (Å²) in [7, 11) is 2.92. The Morgan fingerprint density at radius 1 is 1.33 bits per heavy atom. The third-order valence-corrected chi connectivity index (χ3v) is 2.86. The number of thioether (sulfide) groups is 1. The molecule has 0 spiro atoms. The lowest BCUT2D eigenvalue weighted by molar-refractivity contribution is -0.142. The fraction of sp³-hybridized carbons (Fsp3) is 0.818. The van der Waals surface area contributed by atoms with E-state index >= 15 is 0 Å². The predicted molar refractivity (Wildman–Crippen MR) is 71.8 cm³/mol. The fourth-order valence-electron chi connectivity index (χ4n) is 1.25. The largest absolute Gasteiger partial charge is 0.467 e. The van der Waals surface area contributed by atoms with Crippen LogP contribution in [0.25, 0.3) is 0 Å². The molecule has 0 fully saturated rings. The molecule has 2 N–H and O–H groups in total. The van der Waals surface area contributed by atoms with Crippen molar-refractivity contribution in [1.82, 2.24) is 10.6 Å². The molecular formula is C11H22N2O4S. The van der Waals surface area contributed by atoms with E-state index in [0.717, 1.165) is 12.2 Å². The van der Waals surface area contributed by atoms with Gasteiger partial charge in [0.25, 0.3) is 0 Å². The molecule has 0 heterocycles. The van der Waals surface area contributed by atoms with Crippen LogP contribution in [0.1, 0.15) is 12.8 Å². The lowest BCUT2D eigenvalue weighted by Gasteiger charge is -2.16. The molecule has 1 unspecified atom stereocenters. The summed E-state index contributed by atoms with van der Waals surface area (Å²) in [4.78, 5) is 23.0. The third kappa shape index (κ3) is 8.19. The number of urea groups is 1. The molecule has 1 atom stereocenters. The number of carbonyl (C=O) groups excluding carboxylic acids is 2. The summed E-state index contributed by atoms with van der Waals surface area (Å²) in [6, 6.07) is -0.951. The number of esters is 1. The maximum Gasteiger partial charge on any atom is 0.328 e. The van der Waals surface area contributed by atoms with Crippen LogP contribution in [0.3, 0.4) is 0 Å². The molecule has 0 aromatic carbocycles. The van der Waals surface area contributed by atoms with Crippen molar-refractivity contribution in [3.05, 3.63) is 0 Å².